The highest BCUT2D eigenvalue weighted by Gasteiger charge is 2.51. The Kier molecular flexibility index (Phi) is 6.68. The number of nitrogens with zero attached hydrogens (tertiary/aromatic N) is 5. The number of benzene rings is 1. The molecule has 3 aliphatic rings. The molecule has 10 nitrogen and oxygen atoms in total. The maximum Gasteiger partial charge on any atom is 0.408 e. The molecular formula is C25H30N6O4. The fourth-order valence-corrected chi connectivity index (χ4v) is 5.13. The van der Waals surface area contributed by atoms with E-state index in [1.807, 2.05) is 4.90 Å². The van der Waals surface area contributed by atoms with Crippen molar-refractivity contribution < 1.29 is 19.1 Å². The molecule has 3 heterocycles. The summed E-state index contributed by atoms with van der Waals surface area (Å²) in [7, 11) is 0. The highest BCUT2D eigenvalue weighted by Crippen LogP contribution is 2.36. The van der Waals surface area contributed by atoms with Crippen LogP contribution in [0.3, 0.4) is 0 Å². The Morgan fingerprint density at radius 2 is 2.03 bits per heavy atom. The monoisotopic (exact) mass is 478 g/mol. The Morgan fingerprint density at radius 1 is 1.31 bits per heavy atom. The summed E-state index contributed by atoms with van der Waals surface area (Å²) >= 11 is 0. The Morgan fingerprint density at radius 3 is 2.63 bits per heavy atom. The van der Waals surface area contributed by atoms with Gasteiger partial charge in [-0.15, -0.1) is 0 Å². The summed E-state index contributed by atoms with van der Waals surface area (Å²) in [4.78, 5) is 47.8. The number of alkyl carbamates (subject to hydrolysis) is 1. The molecule has 3 amide bonds. The lowest BCUT2D eigenvalue weighted by Crippen LogP contribution is -2.59. The van der Waals surface area contributed by atoms with Crippen molar-refractivity contribution in [2.45, 2.75) is 69.8 Å². The van der Waals surface area contributed by atoms with Crippen molar-refractivity contribution in [1.82, 2.24) is 15.1 Å². The van der Waals surface area contributed by atoms with Gasteiger partial charge >= 0.3 is 6.09 Å². The first-order chi connectivity index (χ1) is 16.6. The maximum atomic E-state index is 13.4. The van der Waals surface area contributed by atoms with Crippen molar-refractivity contribution in [3.8, 4) is 6.07 Å². The maximum absolute atomic E-state index is 13.4. The number of nitriles is 1. The predicted molar refractivity (Wildman–Crippen MR) is 127 cm³/mol. The van der Waals surface area contributed by atoms with Gasteiger partial charge in [-0.1, -0.05) is 12.1 Å². The first-order valence-corrected chi connectivity index (χ1v) is 11.9. The van der Waals surface area contributed by atoms with E-state index in [2.05, 4.69) is 16.2 Å². The zero-order chi connectivity index (χ0) is 25.3. The number of nitrogens with one attached hydrogen (secondary N) is 1. The minimum atomic E-state index is -0.933. The van der Waals surface area contributed by atoms with Crippen LogP contribution in [0.4, 0.5) is 16.2 Å². The molecule has 4 atom stereocenters. The normalized spacial score (nSPS) is 24.7. The molecule has 1 aromatic rings. The van der Waals surface area contributed by atoms with Crippen LogP contribution in [-0.2, 0) is 14.3 Å². The molecule has 1 aromatic carbocycles. The number of piperazine rings is 1. The van der Waals surface area contributed by atoms with Crippen molar-refractivity contribution in [1.29, 1.82) is 5.26 Å². The fourth-order valence-electron chi connectivity index (χ4n) is 5.13. The second-order valence-corrected chi connectivity index (χ2v) is 10.2. The number of ether oxygens (including phenoxy) is 1. The molecule has 0 radical (unpaired) electrons. The Bertz CT molecular complexity index is 1080. The Labute approximate surface area is 205 Å². The van der Waals surface area contributed by atoms with E-state index in [-0.39, 0.29) is 24.4 Å². The van der Waals surface area contributed by atoms with Gasteiger partial charge in [0.25, 0.3) is 0 Å². The SMILES string of the molecule is [C-]#[N+]c1ccc(N2C(=O)[C@H]3C[C@@H]2CN3C[C@H](NC(=O)OC(C)(C)C)C(=O)N2CCC[C@H]2C#N)cc1. The lowest BCUT2D eigenvalue weighted by atomic mass is 10.1. The fraction of sp³-hybridized carbons (Fsp3) is 0.560. The largest absolute Gasteiger partial charge is 0.444 e. The minimum Gasteiger partial charge on any atom is -0.444 e. The van der Waals surface area contributed by atoms with Crippen LogP contribution in [0, 0.1) is 17.9 Å². The van der Waals surface area contributed by atoms with E-state index < -0.39 is 29.8 Å². The van der Waals surface area contributed by atoms with Gasteiger partial charge in [-0.3, -0.25) is 14.5 Å². The van der Waals surface area contributed by atoms with E-state index in [4.69, 9.17) is 11.3 Å². The van der Waals surface area contributed by atoms with Crippen molar-refractivity contribution in [2.24, 2.45) is 0 Å². The van der Waals surface area contributed by atoms with Crippen molar-refractivity contribution in [2.75, 3.05) is 24.5 Å². The lowest BCUT2D eigenvalue weighted by Gasteiger charge is -2.36. The van der Waals surface area contributed by atoms with Crippen LogP contribution >= 0.6 is 0 Å². The molecule has 10 heteroatoms. The molecule has 3 fully saturated rings. The number of amides is 3. The third-order valence-electron chi connectivity index (χ3n) is 6.62. The number of hydrogen-bond donors (Lipinski definition) is 1. The van der Waals surface area contributed by atoms with Gasteiger partial charge in [0.05, 0.1) is 24.7 Å². The van der Waals surface area contributed by atoms with E-state index in [1.165, 1.54) is 4.90 Å². The second-order valence-electron chi connectivity index (χ2n) is 10.2. The minimum absolute atomic E-state index is 0.0535. The standard InChI is InChI=1S/C25H30N6O4/c1-25(2,3)35-24(34)28-20(22(32)30-11-5-6-18(30)13-26)15-29-14-19-12-21(29)23(33)31(19)17-9-7-16(27-4)8-10-17/h7-10,18-21H,5-6,11-12,14-15H2,1-3H3,(H,28,34)/t18-,19+,20-,21+/m0/s1. The number of rotatable bonds is 5. The molecule has 0 saturated carbocycles. The lowest BCUT2D eigenvalue weighted by molar-refractivity contribution is -0.135. The van der Waals surface area contributed by atoms with E-state index in [0.717, 1.165) is 12.1 Å². The zero-order valence-corrected chi connectivity index (χ0v) is 20.2. The van der Waals surface area contributed by atoms with Crippen LogP contribution in [0.15, 0.2) is 24.3 Å². The van der Waals surface area contributed by atoms with Crippen LogP contribution in [0.5, 0.6) is 0 Å². The van der Waals surface area contributed by atoms with E-state index >= 15 is 0 Å². The molecule has 0 spiro atoms. The second kappa shape index (κ2) is 9.55. The van der Waals surface area contributed by atoms with Gasteiger partial charge in [0, 0.05) is 25.3 Å². The van der Waals surface area contributed by atoms with Crippen molar-refractivity contribution >= 4 is 29.3 Å². The molecule has 4 rings (SSSR count). The van der Waals surface area contributed by atoms with Crippen molar-refractivity contribution in [3.05, 3.63) is 35.7 Å². The summed E-state index contributed by atoms with van der Waals surface area (Å²) in [6.45, 7) is 13.5. The molecule has 1 N–H and O–H groups in total. The van der Waals surface area contributed by atoms with Crippen LogP contribution in [0.2, 0.25) is 0 Å². The predicted octanol–water partition coefficient (Wildman–Crippen LogP) is 2.43. The van der Waals surface area contributed by atoms with E-state index in [0.29, 0.717) is 31.6 Å². The van der Waals surface area contributed by atoms with E-state index in [9.17, 15) is 19.6 Å². The Hall–Kier alpha value is -3.63. The molecule has 3 aliphatic heterocycles. The van der Waals surface area contributed by atoms with Crippen LogP contribution < -0.4 is 10.2 Å². The number of carbonyl (C=O) groups is 3. The smallest absolute Gasteiger partial charge is 0.408 e. The van der Waals surface area contributed by atoms with Crippen LogP contribution in [-0.4, -0.2) is 77.1 Å². The molecular weight excluding hydrogens is 448 g/mol. The number of fused-ring (bicyclic) bond motifs is 2. The summed E-state index contributed by atoms with van der Waals surface area (Å²) in [5.41, 5.74) is 0.536. The van der Waals surface area contributed by atoms with Crippen LogP contribution in [0.25, 0.3) is 4.85 Å². The summed E-state index contributed by atoms with van der Waals surface area (Å²) in [5.74, 6) is -0.391. The highest BCUT2D eigenvalue weighted by molar-refractivity contribution is 6.01. The summed E-state index contributed by atoms with van der Waals surface area (Å²) < 4.78 is 5.37. The summed E-state index contributed by atoms with van der Waals surface area (Å²) in [5, 5.41) is 12.1. The van der Waals surface area contributed by atoms with E-state index in [1.54, 1.807) is 49.9 Å². The molecule has 184 valence electrons. The molecule has 0 aliphatic carbocycles. The summed E-state index contributed by atoms with van der Waals surface area (Å²) in [6, 6.07) is 7.21. The number of likely N-dealkylation sites (tertiary alicyclic amines) is 2. The average Bonchev–Trinajstić information content (AvgIpc) is 3.51. The van der Waals surface area contributed by atoms with Gasteiger partial charge in [-0.05, 0) is 52.2 Å². The topological polar surface area (TPSA) is 110 Å². The van der Waals surface area contributed by atoms with Gasteiger partial charge in [-0.2, -0.15) is 5.26 Å². The number of anilines is 1. The van der Waals surface area contributed by atoms with Gasteiger partial charge in [0.2, 0.25) is 11.8 Å². The first-order valence-electron chi connectivity index (χ1n) is 11.9. The van der Waals surface area contributed by atoms with Gasteiger partial charge in [0.15, 0.2) is 5.69 Å². The Balaban J connectivity index is 1.49. The van der Waals surface area contributed by atoms with Crippen LogP contribution in [0.1, 0.15) is 40.0 Å². The summed E-state index contributed by atoms with van der Waals surface area (Å²) in [6.07, 6.45) is 1.26. The first kappa shape index (κ1) is 24.5. The third-order valence-corrected chi connectivity index (χ3v) is 6.62. The van der Waals surface area contributed by atoms with Gasteiger partial charge in [0.1, 0.15) is 17.7 Å². The molecule has 2 bridgehead atoms. The third kappa shape index (κ3) is 5.08. The number of carbonyl (C=O) groups excluding carboxylic acids is 3. The molecule has 3 saturated heterocycles. The zero-order valence-electron chi connectivity index (χ0n) is 20.2. The molecule has 0 unspecified atom stereocenters. The molecule has 0 aromatic heterocycles. The highest BCUT2D eigenvalue weighted by atomic mass is 16.6. The quantitative estimate of drug-likeness (QED) is 0.651. The van der Waals surface area contributed by atoms with Crippen molar-refractivity contribution in [3.63, 3.8) is 0 Å². The molecule has 35 heavy (non-hydrogen) atoms. The number of hydrogen-bond acceptors (Lipinski definition) is 6. The van der Waals surface area contributed by atoms with Gasteiger partial charge < -0.3 is 19.9 Å². The average molecular weight is 479 g/mol. The van der Waals surface area contributed by atoms with Gasteiger partial charge in [-0.25, -0.2) is 9.64 Å².